The zero-order chi connectivity index (χ0) is 17.3. The number of H-pyrrole nitrogens is 1. The first-order valence-electron chi connectivity index (χ1n) is 8.34. The third kappa shape index (κ3) is 2.91. The lowest BCUT2D eigenvalue weighted by molar-refractivity contribution is -0.121. The first kappa shape index (κ1) is 15.5. The number of carbonyl (C=O) groups excluding carboxylic acids is 2. The fourth-order valence-corrected chi connectivity index (χ4v) is 2.97. The Morgan fingerprint density at radius 3 is 2.72 bits per heavy atom. The van der Waals surface area contributed by atoms with Crippen LogP contribution in [-0.4, -0.2) is 34.6 Å². The Morgan fingerprint density at radius 2 is 2.04 bits per heavy atom. The van der Waals surface area contributed by atoms with Gasteiger partial charge in [-0.25, -0.2) is 0 Å². The second kappa shape index (κ2) is 6.12. The van der Waals surface area contributed by atoms with Gasteiger partial charge in [-0.15, -0.1) is 0 Å². The molecule has 0 radical (unpaired) electrons. The Bertz CT molecular complexity index is 851. The number of nitrogens with one attached hydrogen (secondary N) is 2. The van der Waals surface area contributed by atoms with E-state index in [0.29, 0.717) is 17.2 Å². The normalized spacial score (nSPS) is 21.4. The minimum Gasteiger partial charge on any atom is -0.345 e. The maximum Gasteiger partial charge on any atom is 0.251 e. The summed E-state index contributed by atoms with van der Waals surface area (Å²) in [6.07, 6.45) is 7.37. The maximum atomic E-state index is 12.9. The summed E-state index contributed by atoms with van der Waals surface area (Å²) in [4.78, 5) is 29.4. The number of Topliss-reactive ketones (excluding diaryl/α,β-unsaturated/α-hetero) is 1. The summed E-state index contributed by atoms with van der Waals surface area (Å²) in [5.74, 6) is 0.0203. The van der Waals surface area contributed by atoms with Gasteiger partial charge in [0.15, 0.2) is 11.3 Å². The number of benzene rings is 1. The van der Waals surface area contributed by atoms with E-state index in [9.17, 15) is 9.59 Å². The number of nitrogens with zero attached hydrogens (tertiary/aromatic N) is 2. The van der Waals surface area contributed by atoms with Gasteiger partial charge in [0.05, 0.1) is 6.54 Å². The molecule has 126 valence electrons. The van der Waals surface area contributed by atoms with Crippen LogP contribution in [0.3, 0.4) is 0 Å². The highest BCUT2D eigenvalue weighted by molar-refractivity contribution is 6.01. The Hall–Kier alpha value is -3.02. The number of aromatic nitrogens is 2. The molecule has 1 atom stereocenters. The SMILES string of the molecule is O=C(NCC(=O)C1(c2cc(C3CC3)[nH]n2)C=CC=N1)c1ccccc1. The van der Waals surface area contributed by atoms with Crippen LogP contribution in [0.2, 0.25) is 0 Å². The molecule has 1 unspecified atom stereocenters. The van der Waals surface area contributed by atoms with Gasteiger partial charge in [0, 0.05) is 23.4 Å². The summed E-state index contributed by atoms with van der Waals surface area (Å²) >= 11 is 0. The second-order valence-electron chi connectivity index (χ2n) is 6.36. The summed E-state index contributed by atoms with van der Waals surface area (Å²) in [6, 6.07) is 10.7. The van der Waals surface area contributed by atoms with Crippen molar-refractivity contribution in [3.05, 3.63) is 65.5 Å². The van der Waals surface area contributed by atoms with E-state index in [1.165, 1.54) is 0 Å². The van der Waals surface area contributed by atoms with Crippen molar-refractivity contribution in [2.75, 3.05) is 6.54 Å². The van der Waals surface area contributed by atoms with Gasteiger partial charge in [0.2, 0.25) is 0 Å². The van der Waals surface area contributed by atoms with E-state index in [-0.39, 0.29) is 18.2 Å². The van der Waals surface area contributed by atoms with Gasteiger partial charge in [0.25, 0.3) is 5.91 Å². The summed E-state index contributed by atoms with van der Waals surface area (Å²) in [7, 11) is 0. The lowest BCUT2D eigenvalue weighted by Gasteiger charge is -2.20. The van der Waals surface area contributed by atoms with Gasteiger partial charge in [-0.3, -0.25) is 19.7 Å². The van der Waals surface area contributed by atoms with Crippen LogP contribution >= 0.6 is 0 Å². The highest BCUT2D eigenvalue weighted by Crippen LogP contribution is 2.40. The number of carbonyl (C=O) groups is 2. The van der Waals surface area contributed by atoms with E-state index in [0.717, 1.165) is 18.5 Å². The van der Waals surface area contributed by atoms with E-state index < -0.39 is 5.54 Å². The number of aliphatic imine (C=N–C) groups is 1. The predicted molar refractivity (Wildman–Crippen MR) is 93.7 cm³/mol. The molecule has 1 fully saturated rings. The van der Waals surface area contributed by atoms with E-state index in [1.54, 1.807) is 42.6 Å². The summed E-state index contributed by atoms with van der Waals surface area (Å²) in [6.45, 7) is -0.110. The van der Waals surface area contributed by atoms with Crippen LogP contribution in [0.25, 0.3) is 0 Å². The molecule has 1 aliphatic heterocycles. The van der Waals surface area contributed by atoms with Crippen molar-refractivity contribution in [2.45, 2.75) is 24.3 Å². The minimum absolute atomic E-state index is 0.110. The Labute approximate surface area is 145 Å². The average Bonchev–Trinajstić information content (AvgIpc) is 3.17. The van der Waals surface area contributed by atoms with Crippen LogP contribution in [0.5, 0.6) is 0 Å². The number of aromatic amines is 1. The van der Waals surface area contributed by atoms with Crippen molar-refractivity contribution in [1.82, 2.24) is 15.5 Å². The summed E-state index contributed by atoms with van der Waals surface area (Å²) in [5.41, 5.74) is 1.00. The van der Waals surface area contributed by atoms with Crippen LogP contribution < -0.4 is 5.32 Å². The predicted octanol–water partition coefficient (Wildman–Crippen LogP) is 2.12. The van der Waals surface area contributed by atoms with Crippen LogP contribution in [-0.2, 0) is 10.3 Å². The number of amides is 1. The van der Waals surface area contributed by atoms with Crippen molar-refractivity contribution >= 4 is 17.9 Å². The molecule has 2 N–H and O–H groups in total. The van der Waals surface area contributed by atoms with Crippen LogP contribution in [0.15, 0.2) is 53.5 Å². The van der Waals surface area contributed by atoms with Crippen molar-refractivity contribution in [2.24, 2.45) is 4.99 Å². The molecule has 25 heavy (non-hydrogen) atoms. The largest absolute Gasteiger partial charge is 0.345 e. The number of hydrogen-bond acceptors (Lipinski definition) is 4. The van der Waals surface area contributed by atoms with Gasteiger partial charge in [-0.05, 0) is 43.2 Å². The first-order chi connectivity index (χ1) is 12.2. The maximum absolute atomic E-state index is 12.9. The molecule has 1 saturated carbocycles. The molecule has 2 aliphatic rings. The molecule has 1 aromatic heterocycles. The van der Waals surface area contributed by atoms with E-state index in [4.69, 9.17) is 0 Å². The summed E-state index contributed by atoms with van der Waals surface area (Å²) < 4.78 is 0. The van der Waals surface area contributed by atoms with E-state index in [2.05, 4.69) is 20.5 Å². The fraction of sp³-hybridized carbons (Fsp3) is 0.263. The highest BCUT2D eigenvalue weighted by atomic mass is 16.2. The molecule has 1 aromatic carbocycles. The zero-order valence-corrected chi connectivity index (χ0v) is 13.6. The van der Waals surface area contributed by atoms with Crippen molar-refractivity contribution < 1.29 is 9.59 Å². The van der Waals surface area contributed by atoms with Gasteiger partial charge in [0.1, 0.15) is 5.69 Å². The van der Waals surface area contributed by atoms with Gasteiger partial charge in [-0.2, -0.15) is 5.10 Å². The molecule has 1 aliphatic carbocycles. The third-order valence-electron chi connectivity index (χ3n) is 4.58. The molecule has 1 amide bonds. The molecule has 0 spiro atoms. The standard InChI is InChI=1S/C19H18N4O2/c24-17(12-20-18(25)14-5-2-1-3-6-14)19(9-4-10-21-19)16-11-15(22-23-16)13-7-8-13/h1-6,9-11,13H,7-8,12H2,(H,20,25)(H,22,23). The third-order valence-corrected chi connectivity index (χ3v) is 4.58. The molecule has 4 rings (SSSR count). The molecule has 0 saturated heterocycles. The summed E-state index contributed by atoms with van der Waals surface area (Å²) in [5, 5.41) is 10.0. The Morgan fingerprint density at radius 1 is 1.24 bits per heavy atom. The number of rotatable bonds is 6. The first-order valence-corrected chi connectivity index (χ1v) is 8.34. The van der Waals surface area contributed by atoms with Gasteiger partial charge < -0.3 is 5.32 Å². The molecule has 2 aromatic rings. The number of hydrogen-bond donors (Lipinski definition) is 2. The van der Waals surface area contributed by atoms with Crippen LogP contribution in [0.4, 0.5) is 0 Å². The quantitative estimate of drug-likeness (QED) is 0.848. The topological polar surface area (TPSA) is 87.2 Å². The van der Waals surface area contributed by atoms with Crippen molar-refractivity contribution in [1.29, 1.82) is 0 Å². The van der Waals surface area contributed by atoms with Gasteiger partial charge in [-0.1, -0.05) is 18.2 Å². The smallest absolute Gasteiger partial charge is 0.251 e. The zero-order valence-electron chi connectivity index (χ0n) is 13.6. The lowest BCUT2D eigenvalue weighted by Crippen LogP contribution is -2.40. The lowest BCUT2D eigenvalue weighted by atomic mass is 9.90. The molecule has 6 nitrogen and oxygen atoms in total. The Kier molecular flexibility index (Phi) is 3.80. The highest BCUT2D eigenvalue weighted by Gasteiger charge is 2.41. The second-order valence-corrected chi connectivity index (χ2v) is 6.36. The number of allylic oxidation sites excluding steroid dienone is 1. The molecular formula is C19H18N4O2. The van der Waals surface area contributed by atoms with Crippen molar-refractivity contribution in [3.8, 4) is 0 Å². The van der Waals surface area contributed by atoms with E-state index in [1.807, 2.05) is 12.1 Å². The average molecular weight is 334 g/mol. The van der Waals surface area contributed by atoms with Crippen LogP contribution in [0.1, 0.15) is 40.5 Å². The van der Waals surface area contributed by atoms with E-state index >= 15 is 0 Å². The van der Waals surface area contributed by atoms with Gasteiger partial charge >= 0.3 is 0 Å². The molecule has 0 bridgehead atoms. The molecule has 6 heteroatoms. The fourth-order valence-electron chi connectivity index (χ4n) is 2.97. The molecular weight excluding hydrogens is 316 g/mol. The minimum atomic E-state index is -1.15. The number of ketones is 1. The Balaban J connectivity index is 1.50. The monoisotopic (exact) mass is 334 g/mol. The molecule has 2 heterocycles. The van der Waals surface area contributed by atoms with Crippen molar-refractivity contribution in [3.63, 3.8) is 0 Å². The van der Waals surface area contributed by atoms with Crippen LogP contribution in [0, 0.1) is 0 Å².